The monoisotopic (exact) mass is 355 g/mol. The summed E-state index contributed by atoms with van der Waals surface area (Å²) in [6.45, 7) is 3.74. The van der Waals surface area contributed by atoms with E-state index in [4.69, 9.17) is 14.6 Å². The normalized spacial score (nSPS) is 20.5. The van der Waals surface area contributed by atoms with Gasteiger partial charge in [-0.15, -0.1) is 0 Å². The van der Waals surface area contributed by atoms with Gasteiger partial charge in [-0.3, -0.25) is 9.48 Å². The van der Waals surface area contributed by atoms with Crippen molar-refractivity contribution in [1.82, 2.24) is 15.1 Å². The molecule has 0 aliphatic carbocycles. The molecule has 1 saturated heterocycles. The molecular weight excluding hydrogens is 330 g/mol. The van der Waals surface area contributed by atoms with E-state index in [0.717, 1.165) is 44.7 Å². The summed E-state index contributed by atoms with van der Waals surface area (Å²) < 4.78 is 13.4. The fourth-order valence-corrected chi connectivity index (χ4v) is 3.65. The van der Waals surface area contributed by atoms with Crippen LogP contribution in [0.5, 0.6) is 0 Å². The molecule has 6 nitrogen and oxygen atoms in total. The van der Waals surface area contributed by atoms with Gasteiger partial charge >= 0.3 is 0 Å². The molecule has 2 aromatic rings. The minimum Gasteiger partial charge on any atom is -0.381 e. The van der Waals surface area contributed by atoms with Gasteiger partial charge in [0.25, 0.3) is 5.91 Å². The third-order valence-electron chi connectivity index (χ3n) is 5.14. The Hall–Kier alpha value is -2.18. The summed E-state index contributed by atoms with van der Waals surface area (Å²) in [7, 11) is 0. The summed E-state index contributed by atoms with van der Waals surface area (Å²) in [6.07, 6.45) is 5.04. The molecule has 1 amide bonds. The molecule has 0 radical (unpaired) electrons. The lowest BCUT2D eigenvalue weighted by Crippen LogP contribution is -2.31. The first-order chi connectivity index (χ1) is 12.8. The molecule has 2 aliphatic rings. The van der Waals surface area contributed by atoms with Crippen molar-refractivity contribution in [1.29, 1.82) is 0 Å². The number of ether oxygens (including phenoxy) is 2. The van der Waals surface area contributed by atoms with Gasteiger partial charge in [-0.1, -0.05) is 18.2 Å². The maximum Gasteiger partial charge on any atom is 0.251 e. The Morgan fingerprint density at radius 3 is 2.81 bits per heavy atom. The third-order valence-corrected chi connectivity index (χ3v) is 5.14. The topological polar surface area (TPSA) is 65.4 Å². The first-order valence-corrected chi connectivity index (χ1v) is 9.38. The van der Waals surface area contributed by atoms with Crippen LogP contribution < -0.4 is 5.32 Å². The maximum absolute atomic E-state index is 12.3. The van der Waals surface area contributed by atoms with E-state index in [1.807, 2.05) is 30.3 Å². The molecule has 1 aromatic carbocycles. The second-order valence-corrected chi connectivity index (χ2v) is 7.00. The van der Waals surface area contributed by atoms with Gasteiger partial charge in [0.05, 0.1) is 12.3 Å². The number of hydrogen-bond donors (Lipinski definition) is 1. The maximum atomic E-state index is 12.3. The second-order valence-electron chi connectivity index (χ2n) is 7.00. The van der Waals surface area contributed by atoms with Crippen LogP contribution in [0.15, 0.2) is 36.5 Å². The Balaban J connectivity index is 1.39. The van der Waals surface area contributed by atoms with E-state index < -0.39 is 0 Å². The zero-order valence-electron chi connectivity index (χ0n) is 14.9. The summed E-state index contributed by atoms with van der Waals surface area (Å²) in [6, 6.07) is 9.25. The Morgan fingerprint density at radius 1 is 1.19 bits per heavy atom. The predicted molar refractivity (Wildman–Crippen MR) is 96.9 cm³/mol. The lowest BCUT2D eigenvalue weighted by molar-refractivity contribution is 0.0379. The molecule has 1 aromatic heterocycles. The Bertz CT molecular complexity index is 738. The first-order valence-electron chi connectivity index (χ1n) is 9.38. The van der Waals surface area contributed by atoms with E-state index in [0.29, 0.717) is 24.6 Å². The molecular formula is C20H25N3O3. The molecule has 2 aliphatic heterocycles. The lowest BCUT2D eigenvalue weighted by atomic mass is 10.0. The molecule has 4 rings (SSSR count). The third kappa shape index (κ3) is 3.97. The second kappa shape index (κ2) is 8.01. The molecule has 138 valence electrons. The number of amides is 1. The number of carbonyl (C=O) groups is 1. The predicted octanol–water partition coefficient (Wildman–Crippen LogP) is 2.35. The molecule has 0 spiro atoms. The molecule has 1 fully saturated rings. The molecule has 3 heterocycles. The highest BCUT2D eigenvalue weighted by atomic mass is 16.5. The molecule has 6 heteroatoms. The number of nitrogens with zero attached hydrogens (tertiary/aromatic N) is 2. The van der Waals surface area contributed by atoms with E-state index in [1.54, 1.807) is 0 Å². The van der Waals surface area contributed by atoms with Gasteiger partial charge in [-0.05, 0) is 42.9 Å². The molecule has 26 heavy (non-hydrogen) atoms. The SMILES string of the molecule is O=C(NCC1OCCc2cn(CC3CCOCC3)nc21)c1ccccc1. The van der Waals surface area contributed by atoms with Gasteiger partial charge in [-0.2, -0.15) is 5.10 Å². The van der Waals surface area contributed by atoms with Gasteiger partial charge in [0.2, 0.25) is 0 Å². The Kier molecular flexibility index (Phi) is 5.32. The summed E-state index contributed by atoms with van der Waals surface area (Å²) in [5.74, 6) is 0.546. The average molecular weight is 355 g/mol. The van der Waals surface area contributed by atoms with Crippen molar-refractivity contribution in [2.45, 2.75) is 31.9 Å². The summed E-state index contributed by atoms with van der Waals surface area (Å²) >= 11 is 0. The lowest BCUT2D eigenvalue weighted by Gasteiger charge is -2.22. The largest absolute Gasteiger partial charge is 0.381 e. The van der Waals surface area contributed by atoms with E-state index in [9.17, 15) is 4.79 Å². The smallest absolute Gasteiger partial charge is 0.251 e. The van der Waals surface area contributed by atoms with Gasteiger partial charge < -0.3 is 14.8 Å². The van der Waals surface area contributed by atoms with Crippen molar-refractivity contribution >= 4 is 5.91 Å². The van der Waals surface area contributed by atoms with Crippen LogP contribution in [0.1, 0.15) is 40.6 Å². The van der Waals surface area contributed by atoms with Gasteiger partial charge in [0, 0.05) is 38.1 Å². The van der Waals surface area contributed by atoms with E-state index in [2.05, 4.69) is 16.2 Å². The van der Waals surface area contributed by atoms with Crippen LogP contribution in [-0.2, 0) is 22.4 Å². The van der Waals surface area contributed by atoms with Crippen LogP contribution in [0.2, 0.25) is 0 Å². The van der Waals surface area contributed by atoms with Crippen molar-refractivity contribution in [2.24, 2.45) is 5.92 Å². The Morgan fingerprint density at radius 2 is 2.00 bits per heavy atom. The number of benzene rings is 1. The van der Waals surface area contributed by atoms with Crippen LogP contribution >= 0.6 is 0 Å². The fraction of sp³-hybridized carbons (Fsp3) is 0.500. The van der Waals surface area contributed by atoms with Crippen molar-refractivity contribution in [3.05, 3.63) is 53.3 Å². The van der Waals surface area contributed by atoms with Crippen LogP contribution in [0.25, 0.3) is 0 Å². The molecule has 0 saturated carbocycles. The minimum atomic E-state index is -0.178. The highest BCUT2D eigenvalue weighted by Gasteiger charge is 2.26. The zero-order valence-corrected chi connectivity index (χ0v) is 14.9. The van der Waals surface area contributed by atoms with Crippen LogP contribution in [0, 0.1) is 5.92 Å². The average Bonchev–Trinajstić information content (AvgIpc) is 3.10. The highest BCUT2D eigenvalue weighted by Crippen LogP contribution is 2.26. The molecule has 1 N–H and O–H groups in total. The summed E-state index contributed by atoms with van der Waals surface area (Å²) in [5.41, 5.74) is 2.87. The van der Waals surface area contributed by atoms with Crippen molar-refractivity contribution in [3.8, 4) is 0 Å². The number of rotatable bonds is 5. The molecule has 1 unspecified atom stereocenters. The Labute approximate surface area is 153 Å². The number of hydrogen-bond acceptors (Lipinski definition) is 4. The van der Waals surface area contributed by atoms with E-state index >= 15 is 0 Å². The standard InChI is InChI=1S/C20H25N3O3/c24-20(16-4-2-1-3-5-16)21-12-18-19-17(8-11-26-18)14-23(22-19)13-15-6-9-25-10-7-15/h1-5,14-15,18H,6-13H2,(H,21,24). The van der Waals surface area contributed by atoms with Gasteiger partial charge in [0.1, 0.15) is 6.10 Å². The highest BCUT2D eigenvalue weighted by molar-refractivity contribution is 5.94. The molecule has 0 bridgehead atoms. The van der Waals surface area contributed by atoms with Crippen molar-refractivity contribution in [2.75, 3.05) is 26.4 Å². The number of fused-ring (bicyclic) bond motifs is 1. The quantitative estimate of drug-likeness (QED) is 0.894. The zero-order chi connectivity index (χ0) is 17.8. The minimum absolute atomic E-state index is 0.0806. The summed E-state index contributed by atoms with van der Waals surface area (Å²) in [5, 5.41) is 7.75. The first kappa shape index (κ1) is 17.2. The van der Waals surface area contributed by atoms with Crippen molar-refractivity contribution < 1.29 is 14.3 Å². The summed E-state index contributed by atoms with van der Waals surface area (Å²) in [4.78, 5) is 12.3. The van der Waals surface area contributed by atoms with E-state index in [-0.39, 0.29) is 12.0 Å². The molecule has 1 atom stereocenters. The number of carbonyl (C=O) groups excluding carboxylic acids is 1. The van der Waals surface area contributed by atoms with Crippen LogP contribution in [0.4, 0.5) is 0 Å². The van der Waals surface area contributed by atoms with Crippen LogP contribution in [-0.4, -0.2) is 42.1 Å². The van der Waals surface area contributed by atoms with Crippen LogP contribution in [0.3, 0.4) is 0 Å². The number of aromatic nitrogens is 2. The van der Waals surface area contributed by atoms with Gasteiger partial charge in [0.15, 0.2) is 0 Å². The van der Waals surface area contributed by atoms with Gasteiger partial charge in [-0.25, -0.2) is 0 Å². The van der Waals surface area contributed by atoms with E-state index in [1.165, 1.54) is 5.56 Å². The van der Waals surface area contributed by atoms with Crippen molar-refractivity contribution in [3.63, 3.8) is 0 Å². The fourth-order valence-electron chi connectivity index (χ4n) is 3.65. The number of nitrogens with one attached hydrogen (secondary N) is 1.